The van der Waals surface area contributed by atoms with Crippen molar-refractivity contribution in [1.82, 2.24) is 5.32 Å². The van der Waals surface area contributed by atoms with Crippen molar-refractivity contribution < 1.29 is 14.3 Å². The first kappa shape index (κ1) is 21.8. The van der Waals surface area contributed by atoms with E-state index >= 15 is 0 Å². The Morgan fingerprint density at radius 1 is 1.00 bits per heavy atom. The summed E-state index contributed by atoms with van der Waals surface area (Å²) in [6.07, 6.45) is 2.32. The molecule has 0 spiro atoms. The molecule has 0 saturated carbocycles. The first-order valence-electron chi connectivity index (χ1n) is 11.1. The average molecular weight is 431 g/mol. The zero-order valence-electron chi connectivity index (χ0n) is 18.7. The van der Waals surface area contributed by atoms with Gasteiger partial charge < -0.3 is 19.7 Å². The van der Waals surface area contributed by atoms with Crippen LogP contribution in [0.5, 0.6) is 11.5 Å². The highest BCUT2D eigenvalue weighted by Crippen LogP contribution is 2.28. The molecule has 1 aliphatic rings. The molecule has 166 valence electrons. The van der Waals surface area contributed by atoms with Gasteiger partial charge in [0, 0.05) is 24.3 Å². The topological polar surface area (TPSA) is 50.8 Å². The number of aryl methyl sites for hydroxylation is 1. The molecule has 3 aromatic rings. The molecule has 0 radical (unpaired) electrons. The number of carbonyl (C=O) groups excluding carboxylic acids is 1. The zero-order valence-corrected chi connectivity index (χ0v) is 18.7. The number of para-hydroxylation sites is 1. The summed E-state index contributed by atoms with van der Waals surface area (Å²) < 4.78 is 10.9. The summed E-state index contributed by atoms with van der Waals surface area (Å²) >= 11 is 0. The van der Waals surface area contributed by atoms with Crippen molar-refractivity contribution in [3.8, 4) is 11.5 Å². The van der Waals surface area contributed by atoms with Gasteiger partial charge in [0.2, 0.25) is 0 Å². The number of fused-ring (bicyclic) bond motifs is 1. The van der Waals surface area contributed by atoms with Gasteiger partial charge in [-0.1, -0.05) is 30.3 Å². The van der Waals surface area contributed by atoms with Crippen molar-refractivity contribution in [3.05, 3.63) is 89.5 Å². The molecule has 0 saturated heterocycles. The molecular weight excluding hydrogens is 400 g/mol. The molecule has 1 N–H and O–H groups in total. The lowest BCUT2D eigenvalue weighted by molar-refractivity contribution is 0.0926. The van der Waals surface area contributed by atoms with E-state index in [4.69, 9.17) is 9.47 Å². The second-order valence-corrected chi connectivity index (χ2v) is 8.21. The number of methoxy groups -OCH3 is 1. The number of nitrogens with one attached hydrogen (secondary N) is 1. The molecule has 0 unspecified atom stereocenters. The number of rotatable bonds is 8. The fourth-order valence-corrected chi connectivity index (χ4v) is 4.00. The lowest BCUT2D eigenvalue weighted by atomic mass is 10.0. The van der Waals surface area contributed by atoms with Crippen molar-refractivity contribution in [2.24, 2.45) is 0 Å². The van der Waals surface area contributed by atoms with Crippen LogP contribution in [0, 0.1) is 0 Å². The number of carbonyl (C=O) groups is 1. The van der Waals surface area contributed by atoms with E-state index in [1.807, 2.05) is 55.5 Å². The number of hydrogen-bond acceptors (Lipinski definition) is 4. The number of amides is 1. The van der Waals surface area contributed by atoms with E-state index in [-0.39, 0.29) is 11.9 Å². The fraction of sp³-hybridized carbons (Fsp3) is 0.296. The summed E-state index contributed by atoms with van der Waals surface area (Å²) in [5.74, 6) is 1.44. The van der Waals surface area contributed by atoms with Crippen molar-refractivity contribution >= 4 is 11.6 Å². The van der Waals surface area contributed by atoms with Gasteiger partial charge in [0.15, 0.2) is 0 Å². The summed E-state index contributed by atoms with van der Waals surface area (Å²) in [5.41, 5.74) is 4.60. The second kappa shape index (κ2) is 10.2. The third-order valence-electron chi connectivity index (χ3n) is 5.73. The Hall–Kier alpha value is -3.47. The van der Waals surface area contributed by atoms with Crippen molar-refractivity contribution in [2.75, 3.05) is 25.2 Å². The van der Waals surface area contributed by atoms with Gasteiger partial charge in [0.05, 0.1) is 13.2 Å². The minimum absolute atomic E-state index is 0.0919. The van der Waals surface area contributed by atoms with Gasteiger partial charge in [0.1, 0.15) is 18.1 Å². The van der Waals surface area contributed by atoms with E-state index in [9.17, 15) is 4.79 Å². The van der Waals surface area contributed by atoms with Crippen LogP contribution < -0.4 is 19.7 Å². The van der Waals surface area contributed by atoms with Gasteiger partial charge in [-0.25, -0.2) is 0 Å². The van der Waals surface area contributed by atoms with Crippen LogP contribution in [-0.2, 0) is 13.0 Å². The Labute approximate surface area is 190 Å². The molecule has 32 heavy (non-hydrogen) atoms. The Morgan fingerprint density at radius 2 is 1.72 bits per heavy atom. The first-order chi connectivity index (χ1) is 15.6. The highest BCUT2D eigenvalue weighted by Gasteiger charge is 2.17. The highest BCUT2D eigenvalue weighted by molar-refractivity contribution is 5.94. The van der Waals surface area contributed by atoms with Gasteiger partial charge in [-0.3, -0.25) is 4.79 Å². The molecule has 3 aromatic carbocycles. The van der Waals surface area contributed by atoms with E-state index in [2.05, 4.69) is 34.5 Å². The van der Waals surface area contributed by atoms with E-state index in [1.54, 1.807) is 7.11 Å². The predicted octanol–water partition coefficient (Wildman–Crippen LogP) is 4.85. The third kappa shape index (κ3) is 5.41. The second-order valence-electron chi connectivity index (χ2n) is 8.21. The smallest absolute Gasteiger partial charge is 0.251 e. The van der Waals surface area contributed by atoms with Gasteiger partial charge in [-0.2, -0.15) is 0 Å². The molecule has 4 rings (SSSR count). The van der Waals surface area contributed by atoms with Gasteiger partial charge in [-0.05, 0) is 73.4 Å². The lowest BCUT2D eigenvalue weighted by Crippen LogP contribution is -2.36. The molecule has 0 aromatic heterocycles. The maximum atomic E-state index is 12.6. The first-order valence-corrected chi connectivity index (χ1v) is 11.1. The fourth-order valence-electron chi connectivity index (χ4n) is 4.00. The minimum Gasteiger partial charge on any atom is -0.497 e. The van der Waals surface area contributed by atoms with Crippen LogP contribution in [0.2, 0.25) is 0 Å². The van der Waals surface area contributed by atoms with Gasteiger partial charge in [0.25, 0.3) is 5.91 Å². The number of benzene rings is 3. The van der Waals surface area contributed by atoms with Crippen LogP contribution in [-0.4, -0.2) is 32.2 Å². The Kier molecular flexibility index (Phi) is 6.95. The monoisotopic (exact) mass is 430 g/mol. The highest BCUT2D eigenvalue weighted by atomic mass is 16.5. The summed E-state index contributed by atoms with van der Waals surface area (Å²) in [4.78, 5) is 15.0. The molecule has 1 amide bonds. The number of nitrogens with zero attached hydrogens (tertiary/aromatic N) is 1. The Bertz CT molecular complexity index is 1030. The number of ether oxygens (including phenoxy) is 2. The van der Waals surface area contributed by atoms with Crippen molar-refractivity contribution in [1.29, 1.82) is 0 Å². The lowest BCUT2D eigenvalue weighted by Gasteiger charge is -2.31. The summed E-state index contributed by atoms with van der Waals surface area (Å²) in [6.45, 7) is 4.24. The Balaban J connectivity index is 1.29. The molecular formula is C27H30N2O3. The summed E-state index contributed by atoms with van der Waals surface area (Å²) in [7, 11) is 1.63. The maximum absolute atomic E-state index is 12.6. The quantitative estimate of drug-likeness (QED) is 0.555. The molecule has 0 bridgehead atoms. The summed E-state index contributed by atoms with van der Waals surface area (Å²) in [5, 5.41) is 3.00. The molecule has 1 atom stereocenters. The van der Waals surface area contributed by atoms with E-state index in [1.165, 1.54) is 23.2 Å². The minimum atomic E-state index is -0.117. The molecule has 0 aliphatic carbocycles. The predicted molar refractivity (Wildman–Crippen MR) is 128 cm³/mol. The molecule has 5 nitrogen and oxygen atoms in total. The zero-order chi connectivity index (χ0) is 22.3. The molecule has 0 fully saturated rings. The van der Waals surface area contributed by atoms with Gasteiger partial charge in [-0.15, -0.1) is 0 Å². The van der Waals surface area contributed by atoms with Gasteiger partial charge >= 0.3 is 0 Å². The number of anilines is 1. The summed E-state index contributed by atoms with van der Waals surface area (Å²) in [6, 6.07) is 23.8. The van der Waals surface area contributed by atoms with Crippen LogP contribution >= 0.6 is 0 Å². The van der Waals surface area contributed by atoms with Crippen LogP contribution in [0.3, 0.4) is 0 Å². The van der Waals surface area contributed by atoms with Crippen molar-refractivity contribution in [2.45, 2.75) is 32.4 Å². The van der Waals surface area contributed by atoms with E-state index < -0.39 is 0 Å². The molecule has 1 aliphatic heterocycles. The van der Waals surface area contributed by atoms with E-state index in [0.717, 1.165) is 31.0 Å². The van der Waals surface area contributed by atoms with E-state index in [0.29, 0.717) is 12.2 Å². The average Bonchev–Trinajstić information content (AvgIpc) is 2.84. The largest absolute Gasteiger partial charge is 0.497 e. The SMILES string of the molecule is COc1ccc(OC[C@@H](C)NC(=O)c2ccc(CN3CCCc4ccccc43)cc2)cc1. The standard InChI is InChI=1S/C27H30N2O3/c1-20(19-32-25-15-13-24(31-2)14-16-25)28-27(30)23-11-9-21(10-12-23)18-29-17-5-7-22-6-3-4-8-26(22)29/h3-4,6,8-16,20H,5,7,17-19H2,1-2H3,(H,28,30)/t20-/m1/s1. The number of hydrogen-bond donors (Lipinski definition) is 1. The third-order valence-corrected chi connectivity index (χ3v) is 5.73. The van der Waals surface area contributed by atoms with Crippen LogP contribution in [0.1, 0.15) is 34.8 Å². The Morgan fingerprint density at radius 3 is 2.47 bits per heavy atom. The normalized spacial score (nSPS) is 13.8. The van der Waals surface area contributed by atoms with Crippen LogP contribution in [0.15, 0.2) is 72.8 Å². The van der Waals surface area contributed by atoms with Crippen molar-refractivity contribution in [3.63, 3.8) is 0 Å². The molecule has 1 heterocycles. The van der Waals surface area contributed by atoms with Crippen LogP contribution in [0.4, 0.5) is 5.69 Å². The molecule has 5 heteroatoms. The van der Waals surface area contributed by atoms with Crippen LogP contribution in [0.25, 0.3) is 0 Å². The maximum Gasteiger partial charge on any atom is 0.251 e.